The maximum Gasteiger partial charge on any atom is 0.319 e. The molecular formula is C28H37N5O3. The summed E-state index contributed by atoms with van der Waals surface area (Å²) in [7, 11) is 3.30. The normalized spacial score (nSPS) is 23.8. The number of methoxy groups -OCH3 is 1. The number of rotatable bonds is 9. The van der Waals surface area contributed by atoms with E-state index in [0.29, 0.717) is 30.2 Å². The summed E-state index contributed by atoms with van der Waals surface area (Å²) in [5.74, 6) is 1.25. The molecule has 1 heterocycles. The number of benzene rings is 2. The summed E-state index contributed by atoms with van der Waals surface area (Å²) in [6.45, 7) is 0. The number of hydrogen-bond acceptors (Lipinski definition) is 5. The van der Waals surface area contributed by atoms with Gasteiger partial charge in [-0.05, 0) is 62.1 Å². The van der Waals surface area contributed by atoms with Crippen molar-refractivity contribution in [3.63, 3.8) is 0 Å². The van der Waals surface area contributed by atoms with Crippen molar-refractivity contribution < 1.29 is 14.3 Å². The van der Waals surface area contributed by atoms with E-state index in [1.54, 1.807) is 20.2 Å². The van der Waals surface area contributed by atoms with Crippen LogP contribution in [0.3, 0.4) is 0 Å². The van der Waals surface area contributed by atoms with Crippen LogP contribution in [-0.2, 0) is 11.2 Å². The van der Waals surface area contributed by atoms with Crippen molar-refractivity contribution >= 4 is 23.6 Å². The summed E-state index contributed by atoms with van der Waals surface area (Å²) >= 11 is 0. The minimum atomic E-state index is -0.816. The van der Waals surface area contributed by atoms with E-state index in [2.05, 4.69) is 22.8 Å². The molecule has 1 aliphatic carbocycles. The van der Waals surface area contributed by atoms with Crippen LogP contribution < -0.4 is 21.1 Å². The van der Waals surface area contributed by atoms with Gasteiger partial charge in [-0.1, -0.05) is 49.2 Å². The number of nitrogens with one attached hydrogen (secondary N) is 2. The number of guanidine groups is 1. The van der Waals surface area contributed by atoms with E-state index in [1.165, 1.54) is 10.5 Å². The summed E-state index contributed by atoms with van der Waals surface area (Å²) in [6, 6.07) is 17.4. The zero-order chi connectivity index (χ0) is 25.5. The highest BCUT2D eigenvalue weighted by Gasteiger charge is 2.47. The van der Waals surface area contributed by atoms with Crippen LogP contribution in [0.2, 0.25) is 0 Å². The first-order valence-electron chi connectivity index (χ1n) is 12.8. The lowest BCUT2D eigenvalue weighted by molar-refractivity contribution is -0.131. The van der Waals surface area contributed by atoms with Crippen LogP contribution in [0.25, 0.3) is 0 Å². The highest BCUT2D eigenvalue weighted by Crippen LogP contribution is 2.38. The Morgan fingerprint density at radius 2 is 2.00 bits per heavy atom. The number of nitrogens with zero attached hydrogens (tertiary/aromatic N) is 2. The van der Waals surface area contributed by atoms with E-state index in [-0.39, 0.29) is 23.9 Å². The third kappa shape index (κ3) is 6.17. The van der Waals surface area contributed by atoms with E-state index in [4.69, 9.17) is 15.5 Å². The molecule has 3 amide bonds. The third-order valence-electron chi connectivity index (χ3n) is 7.35. The fraction of sp³-hybridized carbons (Fsp3) is 0.464. The number of hydrogen-bond donors (Lipinski definition) is 3. The molecule has 192 valence electrons. The van der Waals surface area contributed by atoms with Gasteiger partial charge in [0.15, 0.2) is 5.96 Å². The van der Waals surface area contributed by atoms with Crippen molar-refractivity contribution in [3.05, 3.63) is 60.2 Å². The van der Waals surface area contributed by atoms with Crippen LogP contribution in [0.5, 0.6) is 5.75 Å². The molecule has 2 aliphatic rings. The highest BCUT2D eigenvalue weighted by atomic mass is 16.5. The van der Waals surface area contributed by atoms with Crippen molar-refractivity contribution in [3.8, 4) is 5.75 Å². The molecule has 0 aromatic heterocycles. The Bertz CT molecular complexity index is 1090. The fourth-order valence-corrected chi connectivity index (χ4v) is 5.52. The van der Waals surface area contributed by atoms with E-state index < -0.39 is 5.54 Å². The van der Waals surface area contributed by atoms with Crippen molar-refractivity contribution in [2.45, 2.75) is 62.9 Å². The predicted molar refractivity (Wildman–Crippen MR) is 142 cm³/mol. The number of carbonyl (C=O) groups excluding carboxylic acids is 2. The zero-order valence-electron chi connectivity index (χ0n) is 21.2. The first-order valence-corrected chi connectivity index (χ1v) is 12.8. The molecule has 0 spiro atoms. The summed E-state index contributed by atoms with van der Waals surface area (Å²) in [5.41, 5.74) is 7.22. The molecule has 0 radical (unpaired) electrons. The van der Waals surface area contributed by atoms with Crippen LogP contribution in [-0.4, -0.2) is 48.5 Å². The molecular weight excluding hydrogens is 454 g/mol. The molecule has 4 N–H and O–H groups in total. The number of aliphatic imine (C=N–C) groups is 1. The van der Waals surface area contributed by atoms with Gasteiger partial charge in [-0.3, -0.25) is 9.69 Å². The van der Waals surface area contributed by atoms with Crippen LogP contribution in [0.4, 0.5) is 10.5 Å². The lowest BCUT2D eigenvalue weighted by Gasteiger charge is -2.34. The van der Waals surface area contributed by atoms with E-state index in [1.807, 2.05) is 36.4 Å². The third-order valence-corrected chi connectivity index (χ3v) is 7.35. The second-order valence-corrected chi connectivity index (χ2v) is 9.97. The molecule has 36 heavy (non-hydrogen) atoms. The van der Waals surface area contributed by atoms with Gasteiger partial charge >= 0.3 is 6.03 Å². The minimum Gasteiger partial charge on any atom is -0.497 e. The van der Waals surface area contributed by atoms with E-state index >= 15 is 0 Å². The average molecular weight is 492 g/mol. The highest BCUT2D eigenvalue weighted by molar-refractivity contribution is 6.06. The lowest BCUT2D eigenvalue weighted by atomic mass is 9.75. The van der Waals surface area contributed by atoms with Gasteiger partial charge in [-0.15, -0.1) is 0 Å². The Kier molecular flexibility index (Phi) is 8.13. The monoisotopic (exact) mass is 491 g/mol. The van der Waals surface area contributed by atoms with E-state index in [9.17, 15) is 9.59 Å². The van der Waals surface area contributed by atoms with Crippen LogP contribution in [0, 0.1) is 5.92 Å². The number of urea groups is 1. The van der Waals surface area contributed by atoms with Crippen molar-refractivity contribution in [1.29, 1.82) is 0 Å². The van der Waals surface area contributed by atoms with Crippen LogP contribution in [0.15, 0.2) is 59.6 Å². The topological polar surface area (TPSA) is 109 Å². The molecule has 1 aliphatic heterocycles. The maximum atomic E-state index is 13.3. The van der Waals surface area contributed by atoms with Crippen LogP contribution >= 0.6 is 0 Å². The van der Waals surface area contributed by atoms with Gasteiger partial charge in [0.2, 0.25) is 0 Å². The van der Waals surface area contributed by atoms with Gasteiger partial charge in [0.1, 0.15) is 11.3 Å². The number of ether oxygens (including phenoxy) is 1. The fourth-order valence-electron chi connectivity index (χ4n) is 5.52. The van der Waals surface area contributed by atoms with Gasteiger partial charge in [-0.2, -0.15) is 0 Å². The van der Waals surface area contributed by atoms with Gasteiger partial charge in [0, 0.05) is 24.8 Å². The van der Waals surface area contributed by atoms with Gasteiger partial charge in [0.05, 0.1) is 7.11 Å². The lowest BCUT2D eigenvalue weighted by Crippen LogP contribution is -2.45. The number of nitrogens with two attached hydrogens (primary N) is 1. The second kappa shape index (κ2) is 11.5. The van der Waals surface area contributed by atoms with Gasteiger partial charge in [-0.25, -0.2) is 9.79 Å². The molecule has 2 aromatic carbocycles. The SMILES string of the molecule is COc1cccc(NC(=O)N[C@@H]2CCC[C@H](C[C@@]3(CCCc4ccccc4)N=C(N)N(C)C3=O)C2)c1. The van der Waals surface area contributed by atoms with Gasteiger partial charge in [0.25, 0.3) is 5.91 Å². The summed E-state index contributed by atoms with van der Waals surface area (Å²) in [4.78, 5) is 32.2. The molecule has 3 atom stereocenters. The standard InChI is InChI=1S/C28H37N5O3/c1-33-25(34)28(32-26(33)29,16-8-12-20-9-4-3-5-10-20)19-21-11-6-13-22(17-21)30-27(35)31-23-14-7-15-24(18-23)36-2/h3-5,7,9-10,14-15,18,21-22H,6,8,11-13,16-17,19H2,1-2H3,(H2,29,32)(H2,30,31,35)/t21-,22+,28+/m0/s1. The smallest absolute Gasteiger partial charge is 0.319 e. The molecule has 2 aromatic rings. The zero-order valence-corrected chi connectivity index (χ0v) is 21.2. The summed E-state index contributed by atoms with van der Waals surface area (Å²) in [6.07, 6.45) is 6.82. The number of amides is 3. The Morgan fingerprint density at radius 3 is 2.72 bits per heavy atom. The van der Waals surface area contributed by atoms with Crippen LogP contribution in [0.1, 0.15) is 50.5 Å². The number of aryl methyl sites for hydroxylation is 1. The van der Waals surface area contributed by atoms with Crippen molar-refractivity contribution in [1.82, 2.24) is 10.2 Å². The largest absolute Gasteiger partial charge is 0.497 e. The minimum absolute atomic E-state index is 0.0149. The first kappa shape index (κ1) is 25.5. The molecule has 8 nitrogen and oxygen atoms in total. The predicted octanol–water partition coefficient (Wildman–Crippen LogP) is 4.31. The molecule has 4 rings (SSSR count). The summed E-state index contributed by atoms with van der Waals surface area (Å²) < 4.78 is 5.23. The quantitative estimate of drug-likeness (QED) is 0.485. The Labute approximate surface area is 213 Å². The number of carbonyl (C=O) groups is 2. The Hall–Kier alpha value is -3.55. The second-order valence-electron chi connectivity index (χ2n) is 9.97. The molecule has 0 bridgehead atoms. The molecule has 1 saturated carbocycles. The van der Waals surface area contributed by atoms with Crippen molar-refractivity contribution in [2.24, 2.45) is 16.6 Å². The Balaban J connectivity index is 1.37. The Morgan fingerprint density at radius 1 is 1.19 bits per heavy atom. The maximum absolute atomic E-state index is 13.3. The molecule has 8 heteroatoms. The molecule has 0 unspecified atom stereocenters. The summed E-state index contributed by atoms with van der Waals surface area (Å²) in [5, 5.41) is 6.01. The molecule has 1 fully saturated rings. The molecule has 0 saturated heterocycles. The van der Waals surface area contributed by atoms with Gasteiger partial charge < -0.3 is 21.1 Å². The van der Waals surface area contributed by atoms with Crippen molar-refractivity contribution in [2.75, 3.05) is 19.5 Å². The van der Waals surface area contributed by atoms with E-state index in [0.717, 1.165) is 38.5 Å². The average Bonchev–Trinajstić information content (AvgIpc) is 3.08. The number of likely N-dealkylation sites (N-methyl/N-ethyl adjacent to an activating group) is 1. The number of anilines is 1. The first-order chi connectivity index (χ1) is 17.4.